The second kappa shape index (κ2) is 7.90. The predicted octanol–water partition coefficient (Wildman–Crippen LogP) is 3.87. The first-order valence-electron chi connectivity index (χ1n) is 9.13. The molecular weight excluding hydrogens is 388 g/mol. The van der Waals surface area contributed by atoms with E-state index < -0.39 is 5.92 Å². The molecule has 0 saturated heterocycles. The molecule has 1 N–H and O–H groups in total. The number of rotatable bonds is 3. The summed E-state index contributed by atoms with van der Waals surface area (Å²) >= 11 is 6.17. The normalized spacial score (nSPS) is 15.4. The molecule has 1 aliphatic rings. The summed E-state index contributed by atoms with van der Waals surface area (Å²) in [7, 11) is 0. The van der Waals surface area contributed by atoms with Crippen LogP contribution in [0.2, 0.25) is 5.02 Å². The zero-order chi connectivity index (χ0) is 20.4. The number of amides is 2. The summed E-state index contributed by atoms with van der Waals surface area (Å²) in [6, 6.07) is 14.9. The Balaban J connectivity index is 1.68. The first-order valence-corrected chi connectivity index (χ1v) is 9.51. The monoisotopic (exact) mass is 404 g/mol. The van der Waals surface area contributed by atoms with E-state index in [1.165, 1.54) is 0 Å². The number of anilines is 1. The SMILES string of the molecule is N#CCC(=O)N1Cc2ccc(Cl)cc2C(C(=O)Nc2cncc3ccccc23)C1. The standard InChI is InChI=1S/C22H17ClN4O2/c23-16-6-5-15-12-27(21(28)7-8-24)13-19(18(15)9-16)22(29)26-20-11-25-10-14-3-1-2-4-17(14)20/h1-6,9-11,19H,7,12-13H2,(H,26,29). The van der Waals surface area contributed by atoms with Gasteiger partial charge in [0.15, 0.2) is 0 Å². The first kappa shape index (κ1) is 18.9. The number of carbonyl (C=O) groups is 2. The molecule has 6 nitrogen and oxygen atoms in total. The Morgan fingerprint density at radius 1 is 1.24 bits per heavy atom. The van der Waals surface area contributed by atoms with Gasteiger partial charge in [-0.25, -0.2) is 0 Å². The highest BCUT2D eigenvalue weighted by Gasteiger charge is 2.33. The van der Waals surface area contributed by atoms with E-state index in [1.807, 2.05) is 36.4 Å². The molecule has 0 saturated carbocycles. The lowest BCUT2D eigenvalue weighted by atomic mass is 9.88. The summed E-state index contributed by atoms with van der Waals surface area (Å²) in [6.07, 6.45) is 3.13. The Morgan fingerprint density at radius 3 is 2.90 bits per heavy atom. The first-order chi connectivity index (χ1) is 14.1. The molecule has 0 fully saturated rings. The molecule has 1 atom stereocenters. The topological polar surface area (TPSA) is 86.1 Å². The van der Waals surface area contributed by atoms with Crippen LogP contribution in [0.3, 0.4) is 0 Å². The van der Waals surface area contributed by atoms with Gasteiger partial charge >= 0.3 is 0 Å². The van der Waals surface area contributed by atoms with Crippen molar-refractivity contribution in [1.29, 1.82) is 5.26 Å². The summed E-state index contributed by atoms with van der Waals surface area (Å²) in [5.41, 5.74) is 2.25. The third kappa shape index (κ3) is 3.78. The van der Waals surface area contributed by atoms with Crippen LogP contribution in [0.1, 0.15) is 23.5 Å². The van der Waals surface area contributed by atoms with Crippen molar-refractivity contribution in [2.45, 2.75) is 18.9 Å². The molecule has 7 heteroatoms. The van der Waals surface area contributed by atoms with E-state index in [2.05, 4.69) is 10.3 Å². The van der Waals surface area contributed by atoms with Crippen molar-refractivity contribution in [1.82, 2.24) is 9.88 Å². The Labute approximate surface area is 172 Å². The number of carbonyl (C=O) groups excluding carboxylic acids is 2. The molecule has 4 rings (SSSR count). The maximum Gasteiger partial charge on any atom is 0.237 e. The molecule has 0 aliphatic carbocycles. The van der Waals surface area contributed by atoms with Crippen molar-refractivity contribution in [3.8, 4) is 6.07 Å². The molecule has 1 unspecified atom stereocenters. The number of benzene rings is 2. The lowest BCUT2D eigenvalue weighted by molar-refractivity contribution is -0.132. The molecule has 144 valence electrons. The molecule has 0 bridgehead atoms. The van der Waals surface area contributed by atoms with Crippen molar-refractivity contribution in [2.24, 2.45) is 0 Å². The van der Waals surface area contributed by atoms with E-state index in [9.17, 15) is 9.59 Å². The Morgan fingerprint density at radius 2 is 2.07 bits per heavy atom. The largest absolute Gasteiger partial charge is 0.336 e. The molecule has 1 aliphatic heterocycles. The average Bonchev–Trinajstić information content (AvgIpc) is 2.73. The molecule has 0 spiro atoms. The number of halogens is 1. The lowest BCUT2D eigenvalue weighted by Crippen LogP contribution is -2.42. The molecular formula is C22H17ClN4O2. The van der Waals surface area contributed by atoms with Crippen LogP contribution >= 0.6 is 11.6 Å². The van der Waals surface area contributed by atoms with Gasteiger partial charge in [-0.15, -0.1) is 0 Å². The minimum absolute atomic E-state index is 0.192. The van der Waals surface area contributed by atoms with Crippen LogP contribution in [-0.4, -0.2) is 28.2 Å². The van der Waals surface area contributed by atoms with Gasteiger partial charge in [0.1, 0.15) is 6.42 Å². The number of aromatic nitrogens is 1. The van der Waals surface area contributed by atoms with Crippen LogP contribution in [0.4, 0.5) is 5.69 Å². The van der Waals surface area contributed by atoms with Crippen LogP contribution in [0.15, 0.2) is 54.9 Å². The van der Waals surface area contributed by atoms with Crippen LogP contribution in [0.5, 0.6) is 0 Å². The van der Waals surface area contributed by atoms with Crippen LogP contribution in [0.25, 0.3) is 10.8 Å². The van der Waals surface area contributed by atoms with Gasteiger partial charge in [-0.05, 0) is 23.3 Å². The maximum absolute atomic E-state index is 13.2. The number of nitrogens with zero attached hydrogens (tertiary/aromatic N) is 3. The van der Waals surface area contributed by atoms with E-state index in [-0.39, 0.29) is 24.8 Å². The van der Waals surface area contributed by atoms with Gasteiger partial charge in [0.25, 0.3) is 0 Å². The molecule has 29 heavy (non-hydrogen) atoms. The minimum Gasteiger partial charge on any atom is -0.336 e. The van der Waals surface area contributed by atoms with Crippen molar-refractivity contribution in [2.75, 3.05) is 11.9 Å². The highest BCUT2D eigenvalue weighted by atomic mass is 35.5. The quantitative estimate of drug-likeness (QED) is 0.718. The summed E-state index contributed by atoms with van der Waals surface area (Å²) in [6.45, 7) is 0.546. The number of hydrogen-bond donors (Lipinski definition) is 1. The van der Waals surface area contributed by atoms with E-state index in [0.717, 1.165) is 21.9 Å². The van der Waals surface area contributed by atoms with Gasteiger partial charge in [0.2, 0.25) is 11.8 Å². The molecule has 3 aromatic rings. The number of pyridine rings is 1. The third-order valence-electron chi connectivity index (χ3n) is 5.07. The fourth-order valence-electron chi connectivity index (χ4n) is 3.65. The highest BCUT2D eigenvalue weighted by Crippen LogP contribution is 2.32. The molecule has 1 aromatic heterocycles. The zero-order valence-corrected chi connectivity index (χ0v) is 16.2. The van der Waals surface area contributed by atoms with E-state index >= 15 is 0 Å². The summed E-state index contributed by atoms with van der Waals surface area (Å²) in [5.74, 6) is -1.14. The second-order valence-corrected chi connectivity index (χ2v) is 7.34. The van der Waals surface area contributed by atoms with Gasteiger partial charge in [-0.3, -0.25) is 14.6 Å². The van der Waals surface area contributed by atoms with Crippen LogP contribution < -0.4 is 5.32 Å². The Bertz CT molecular complexity index is 1150. The predicted molar refractivity (Wildman–Crippen MR) is 110 cm³/mol. The van der Waals surface area contributed by atoms with Crippen LogP contribution in [-0.2, 0) is 16.1 Å². The average molecular weight is 405 g/mol. The summed E-state index contributed by atoms with van der Waals surface area (Å²) in [5, 5.41) is 14.2. The number of nitriles is 1. The molecule has 0 radical (unpaired) electrons. The van der Waals surface area contributed by atoms with Crippen molar-refractivity contribution in [3.63, 3.8) is 0 Å². The van der Waals surface area contributed by atoms with Gasteiger partial charge in [0.05, 0.1) is 23.9 Å². The number of nitrogens with one attached hydrogen (secondary N) is 1. The van der Waals surface area contributed by atoms with Crippen molar-refractivity contribution < 1.29 is 9.59 Å². The molecule has 2 amide bonds. The van der Waals surface area contributed by atoms with Crippen molar-refractivity contribution in [3.05, 3.63) is 71.0 Å². The Hall–Kier alpha value is -3.43. The Kier molecular flexibility index (Phi) is 5.15. The van der Waals surface area contributed by atoms with Gasteiger partial charge < -0.3 is 10.2 Å². The van der Waals surface area contributed by atoms with Gasteiger partial charge in [-0.1, -0.05) is 41.9 Å². The fraction of sp³-hybridized carbons (Fsp3) is 0.182. The second-order valence-electron chi connectivity index (χ2n) is 6.90. The van der Waals surface area contributed by atoms with E-state index in [0.29, 0.717) is 17.3 Å². The van der Waals surface area contributed by atoms with E-state index in [4.69, 9.17) is 16.9 Å². The van der Waals surface area contributed by atoms with Gasteiger partial charge in [0, 0.05) is 35.1 Å². The summed E-state index contributed by atoms with van der Waals surface area (Å²) < 4.78 is 0. The third-order valence-corrected chi connectivity index (χ3v) is 5.31. The fourth-order valence-corrected chi connectivity index (χ4v) is 3.83. The summed E-state index contributed by atoms with van der Waals surface area (Å²) in [4.78, 5) is 31.3. The number of fused-ring (bicyclic) bond motifs is 2. The maximum atomic E-state index is 13.2. The lowest BCUT2D eigenvalue weighted by Gasteiger charge is -2.34. The minimum atomic E-state index is -0.598. The smallest absolute Gasteiger partial charge is 0.237 e. The molecule has 2 heterocycles. The number of hydrogen-bond acceptors (Lipinski definition) is 4. The molecule has 2 aromatic carbocycles. The van der Waals surface area contributed by atoms with Gasteiger partial charge in [-0.2, -0.15) is 5.26 Å². The zero-order valence-electron chi connectivity index (χ0n) is 15.4. The highest BCUT2D eigenvalue weighted by molar-refractivity contribution is 6.30. The van der Waals surface area contributed by atoms with Crippen molar-refractivity contribution >= 4 is 39.9 Å². The van der Waals surface area contributed by atoms with E-state index in [1.54, 1.807) is 29.4 Å². The van der Waals surface area contributed by atoms with Crippen LogP contribution in [0, 0.1) is 11.3 Å².